The first-order valence-corrected chi connectivity index (χ1v) is 5.40. The molecule has 2 aromatic carbocycles. The maximum atomic E-state index is 13.5. The second kappa shape index (κ2) is 5.06. The third kappa shape index (κ3) is 2.68. The molecular formula is C13H10ClFO2. The van der Waals surface area contributed by atoms with E-state index in [1.54, 1.807) is 0 Å². The lowest BCUT2D eigenvalue weighted by molar-refractivity contribution is 0.284. The van der Waals surface area contributed by atoms with E-state index < -0.39 is 11.6 Å². The minimum atomic E-state index is -0.839. The summed E-state index contributed by atoms with van der Waals surface area (Å²) in [6, 6.07) is 11.9. The van der Waals surface area contributed by atoms with Crippen LogP contribution in [0.3, 0.4) is 0 Å². The number of phenols is 1. The van der Waals surface area contributed by atoms with Gasteiger partial charge in [0.25, 0.3) is 0 Å². The summed E-state index contributed by atoms with van der Waals surface area (Å²) >= 11 is 5.79. The fraction of sp³-hybridized carbons (Fsp3) is 0.0769. The zero-order valence-corrected chi connectivity index (χ0v) is 9.62. The lowest BCUT2D eigenvalue weighted by Crippen LogP contribution is -1.98. The number of aromatic hydroxyl groups is 1. The van der Waals surface area contributed by atoms with Crippen LogP contribution in [0.25, 0.3) is 0 Å². The molecule has 0 aliphatic heterocycles. The van der Waals surface area contributed by atoms with Gasteiger partial charge in [-0.2, -0.15) is 4.39 Å². The van der Waals surface area contributed by atoms with Crippen molar-refractivity contribution in [2.75, 3.05) is 0 Å². The van der Waals surface area contributed by atoms with Gasteiger partial charge in [-0.25, -0.2) is 0 Å². The normalized spacial score (nSPS) is 10.2. The van der Waals surface area contributed by atoms with Gasteiger partial charge in [0.15, 0.2) is 11.5 Å². The van der Waals surface area contributed by atoms with Gasteiger partial charge in [-0.15, -0.1) is 0 Å². The standard InChI is InChI=1S/C13H10ClFO2/c14-10-6-7-11(16)12(15)13(10)17-8-9-4-2-1-3-5-9/h1-7,16H,8H2. The molecular weight excluding hydrogens is 243 g/mol. The Kier molecular flexibility index (Phi) is 3.49. The molecule has 0 unspecified atom stereocenters. The van der Waals surface area contributed by atoms with Crippen molar-refractivity contribution in [3.8, 4) is 11.5 Å². The van der Waals surface area contributed by atoms with E-state index in [4.69, 9.17) is 16.3 Å². The Morgan fingerprint density at radius 2 is 1.82 bits per heavy atom. The van der Waals surface area contributed by atoms with Crippen LogP contribution in [0, 0.1) is 5.82 Å². The summed E-state index contributed by atoms with van der Waals surface area (Å²) in [7, 11) is 0. The molecule has 0 spiro atoms. The first-order chi connectivity index (χ1) is 8.18. The number of hydrogen-bond donors (Lipinski definition) is 1. The highest BCUT2D eigenvalue weighted by atomic mass is 35.5. The van der Waals surface area contributed by atoms with Crippen LogP contribution in [0.2, 0.25) is 5.02 Å². The van der Waals surface area contributed by atoms with Crippen molar-refractivity contribution >= 4 is 11.6 Å². The van der Waals surface area contributed by atoms with E-state index >= 15 is 0 Å². The molecule has 0 heterocycles. The third-order valence-electron chi connectivity index (χ3n) is 2.25. The molecule has 2 rings (SSSR count). The van der Waals surface area contributed by atoms with Gasteiger partial charge in [0.2, 0.25) is 5.82 Å². The molecule has 0 aliphatic carbocycles. The summed E-state index contributed by atoms with van der Waals surface area (Å²) in [6.45, 7) is 0.195. The fourth-order valence-corrected chi connectivity index (χ4v) is 1.58. The van der Waals surface area contributed by atoms with Crippen LogP contribution in [0.1, 0.15) is 5.56 Å². The van der Waals surface area contributed by atoms with Crippen LogP contribution in [0.15, 0.2) is 42.5 Å². The molecule has 88 valence electrons. The van der Waals surface area contributed by atoms with Gasteiger partial charge < -0.3 is 9.84 Å². The summed E-state index contributed by atoms with van der Waals surface area (Å²) < 4.78 is 18.8. The predicted molar refractivity (Wildman–Crippen MR) is 63.8 cm³/mol. The van der Waals surface area contributed by atoms with Crippen molar-refractivity contribution in [2.45, 2.75) is 6.61 Å². The molecule has 0 saturated heterocycles. The Bertz CT molecular complexity index is 514. The highest BCUT2D eigenvalue weighted by Gasteiger charge is 2.13. The lowest BCUT2D eigenvalue weighted by atomic mass is 10.2. The topological polar surface area (TPSA) is 29.5 Å². The van der Waals surface area contributed by atoms with Crippen molar-refractivity contribution in [3.05, 3.63) is 58.9 Å². The Balaban J connectivity index is 2.17. The monoisotopic (exact) mass is 252 g/mol. The van der Waals surface area contributed by atoms with Crippen LogP contribution in [-0.4, -0.2) is 5.11 Å². The largest absolute Gasteiger partial charge is 0.505 e. The van der Waals surface area contributed by atoms with Crippen molar-refractivity contribution in [1.29, 1.82) is 0 Å². The summed E-state index contributed by atoms with van der Waals surface area (Å²) in [4.78, 5) is 0. The van der Waals surface area contributed by atoms with Crippen LogP contribution >= 0.6 is 11.6 Å². The maximum Gasteiger partial charge on any atom is 0.208 e. The SMILES string of the molecule is Oc1ccc(Cl)c(OCc2ccccc2)c1F. The molecule has 0 atom stereocenters. The van der Waals surface area contributed by atoms with Crippen LogP contribution in [-0.2, 0) is 6.61 Å². The van der Waals surface area contributed by atoms with E-state index in [2.05, 4.69) is 0 Å². The fourth-order valence-electron chi connectivity index (χ4n) is 1.38. The highest BCUT2D eigenvalue weighted by Crippen LogP contribution is 2.33. The van der Waals surface area contributed by atoms with Gasteiger partial charge in [-0.1, -0.05) is 41.9 Å². The van der Waals surface area contributed by atoms with E-state index in [9.17, 15) is 9.50 Å². The van der Waals surface area contributed by atoms with Crippen molar-refractivity contribution in [1.82, 2.24) is 0 Å². The Hall–Kier alpha value is -1.74. The third-order valence-corrected chi connectivity index (χ3v) is 2.55. The molecule has 17 heavy (non-hydrogen) atoms. The Labute approximate surface area is 103 Å². The van der Waals surface area contributed by atoms with Crippen molar-refractivity contribution in [2.24, 2.45) is 0 Å². The van der Waals surface area contributed by atoms with Crippen LogP contribution < -0.4 is 4.74 Å². The Morgan fingerprint density at radius 3 is 2.53 bits per heavy atom. The average molecular weight is 253 g/mol. The minimum absolute atomic E-state index is 0.129. The quantitative estimate of drug-likeness (QED) is 0.901. The molecule has 0 aliphatic rings. The molecule has 2 nitrogen and oxygen atoms in total. The van der Waals surface area contributed by atoms with Gasteiger partial charge >= 0.3 is 0 Å². The second-order valence-corrected chi connectivity index (χ2v) is 3.89. The van der Waals surface area contributed by atoms with Gasteiger partial charge in [-0.05, 0) is 17.7 Å². The smallest absolute Gasteiger partial charge is 0.208 e. The second-order valence-electron chi connectivity index (χ2n) is 3.48. The number of benzene rings is 2. The first kappa shape index (κ1) is 11.7. The minimum Gasteiger partial charge on any atom is -0.505 e. The molecule has 0 radical (unpaired) electrons. The summed E-state index contributed by atoms with van der Waals surface area (Å²) in [5, 5.41) is 9.34. The molecule has 1 N–H and O–H groups in total. The molecule has 0 bridgehead atoms. The molecule has 0 saturated carbocycles. The first-order valence-electron chi connectivity index (χ1n) is 5.02. The predicted octanol–water partition coefficient (Wildman–Crippen LogP) is 3.76. The number of rotatable bonds is 3. The number of halogens is 2. The summed E-state index contributed by atoms with van der Waals surface area (Å²) in [5.41, 5.74) is 0.895. The molecule has 0 aromatic heterocycles. The van der Waals surface area contributed by atoms with E-state index in [-0.39, 0.29) is 17.4 Å². The Morgan fingerprint density at radius 1 is 1.12 bits per heavy atom. The molecule has 2 aromatic rings. The summed E-state index contributed by atoms with van der Waals surface area (Å²) in [6.07, 6.45) is 0. The molecule has 0 amide bonds. The number of ether oxygens (including phenoxy) is 1. The molecule has 0 fully saturated rings. The van der Waals surface area contributed by atoms with E-state index in [0.29, 0.717) is 0 Å². The van der Waals surface area contributed by atoms with Gasteiger partial charge in [0.1, 0.15) is 6.61 Å². The van der Waals surface area contributed by atoms with Gasteiger partial charge in [0.05, 0.1) is 5.02 Å². The van der Waals surface area contributed by atoms with E-state index in [0.717, 1.165) is 5.56 Å². The van der Waals surface area contributed by atoms with Crippen molar-refractivity contribution < 1.29 is 14.2 Å². The number of phenolic OH excluding ortho intramolecular Hbond substituents is 1. The zero-order chi connectivity index (χ0) is 12.3. The van der Waals surface area contributed by atoms with E-state index in [1.165, 1.54) is 12.1 Å². The highest BCUT2D eigenvalue weighted by molar-refractivity contribution is 6.32. The van der Waals surface area contributed by atoms with Gasteiger partial charge in [0, 0.05) is 0 Å². The molecule has 4 heteroatoms. The average Bonchev–Trinajstić information content (AvgIpc) is 2.35. The number of hydrogen-bond acceptors (Lipinski definition) is 2. The maximum absolute atomic E-state index is 13.5. The zero-order valence-electron chi connectivity index (χ0n) is 8.86. The summed E-state index contributed by atoms with van der Waals surface area (Å²) in [5.74, 6) is -1.44. The van der Waals surface area contributed by atoms with Crippen LogP contribution in [0.5, 0.6) is 11.5 Å². The van der Waals surface area contributed by atoms with Crippen molar-refractivity contribution in [3.63, 3.8) is 0 Å². The van der Waals surface area contributed by atoms with Gasteiger partial charge in [-0.3, -0.25) is 0 Å². The lowest BCUT2D eigenvalue weighted by Gasteiger charge is -2.09. The van der Waals surface area contributed by atoms with Crippen LogP contribution in [0.4, 0.5) is 4.39 Å². The van der Waals surface area contributed by atoms with E-state index in [1.807, 2.05) is 30.3 Å².